The third-order valence-corrected chi connectivity index (χ3v) is 4.46. The molecule has 0 spiro atoms. The Morgan fingerprint density at radius 1 is 1.32 bits per heavy atom. The number of rotatable bonds is 6. The van der Waals surface area contributed by atoms with E-state index in [1.54, 1.807) is 0 Å². The van der Waals surface area contributed by atoms with E-state index in [2.05, 4.69) is 20.5 Å². The van der Waals surface area contributed by atoms with Crippen LogP contribution in [0.1, 0.15) is 18.4 Å². The highest BCUT2D eigenvalue weighted by Gasteiger charge is 2.33. The molecule has 1 aromatic rings. The maximum Gasteiger partial charge on any atom is 0.417 e. The molecule has 0 aromatic heterocycles. The molecule has 1 atom stereocenters. The molecule has 1 heterocycles. The van der Waals surface area contributed by atoms with Gasteiger partial charge in [0.1, 0.15) is 0 Å². The van der Waals surface area contributed by atoms with Crippen LogP contribution in [-0.4, -0.2) is 39.9 Å². The number of amides is 2. The number of carbonyl (C=O) groups is 3. The molecule has 0 saturated heterocycles. The summed E-state index contributed by atoms with van der Waals surface area (Å²) in [5.74, 6) is -2.69. The Morgan fingerprint density at radius 3 is 2.64 bits per heavy atom. The van der Waals surface area contributed by atoms with Gasteiger partial charge < -0.3 is 10.4 Å². The minimum Gasteiger partial charge on any atom is -0.481 e. The quantitative estimate of drug-likeness (QED) is 0.705. The molecule has 28 heavy (non-hydrogen) atoms. The van der Waals surface area contributed by atoms with Gasteiger partial charge in [-0.25, -0.2) is 0 Å². The monoisotopic (exact) mass is 436 g/mol. The van der Waals surface area contributed by atoms with E-state index in [9.17, 15) is 27.6 Å². The standard InChI is InChI=1S/C15H12ClF3N4O4S/c16-9-2-1-7(5-8(9)15(17,18)19)20-11(24)6-28-14-21-13(27)10(22-23-14)3-4-12(25)26/h1-2,5,10H,3-4,6H2,(H,20,24)(H,25,26). The number of alkyl halides is 3. The highest BCUT2D eigenvalue weighted by Crippen LogP contribution is 2.36. The summed E-state index contributed by atoms with van der Waals surface area (Å²) in [5.41, 5.74) is -1.18. The Balaban J connectivity index is 1.90. The molecular weight excluding hydrogens is 425 g/mol. The lowest BCUT2D eigenvalue weighted by Gasteiger charge is -2.12. The molecule has 1 aromatic carbocycles. The molecule has 13 heteroatoms. The number of nitrogens with one attached hydrogen (secondary N) is 1. The zero-order chi connectivity index (χ0) is 20.9. The maximum atomic E-state index is 12.8. The Kier molecular flexibility index (Phi) is 7.13. The summed E-state index contributed by atoms with van der Waals surface area (Å²) in [7, 11) is 0. The summed E-state index contributed by atoms with van der Waals surface area (Å²) < 4.78 is 38.5. The van der Waals surface area contributed by atoms with Crippen molar-refractivity contribution >= 4 is 52.0 Å². The number of halogens is 4. The summed E-state index contributed by atoms with van der Waals surface area (Å²) in [5, 5.41) is 17.6. The van der Waals surface area contributed by atoms with Crippen molar-refractivity contribution in [3.8, 4) is 0 Å². The summed E-state index contributed by atoms with van der Waals surface area (Å²) in [6.45, 7) is 0. The van der Waals surface area contributed by atoms with Gasteiger partial charge >= 0.3 is 12.1 Å². The molecule has 0 saturated carbocycles. The van der Waals surface area contributed by atoms with Crippen LogP contribution in [0.15, 0.2) is 33.4 Å². The molecule has 2 rings (SSSR count). The smallest absolute Gasteiger partial charge is 0.417 e. The van der Waals surface area contributed by atoms with E-state index in [4.69, 9.17) is 16.7 Å². The number of thioether (sulfide) groups is 1. The molecular formula is C15H12ClF3N4O4S. The van der Waals surface area contributed by atoms with Crippen LogP contribution in [0.4, 0.5) is 18.9 Å². The summed E-state index contributed by atoms with van der Waals surface area (Å²) in [6, 6.07) is 1.96. The molecule has 0 radical (unpaired) electrons. The Morgan fingerprint density at radius 2 is 2.04 bits per heavy atom. The van der Waals surface area contributed by atoms with Crippen LogP contribution >= 0.6 is 23.4 Å². The van der Waals surface area contributed by atoms with E-state index in [0.29, 0.717) is 6.07 Å². The predicted octanol–water partition coefficient (Wildman–Crippen LogP) is 3.61. The maximum absolute atomic E-state index is 12.8. The number of carbonyl (C=O) groups excluding carboxylic acids is 2. The third kappa shape index (κ3) is 6.30. The zero-order valence-corrected chi connectivity index (χ0v) is 15.4. The minimum absolute atomic E-state index is 0.0439. The van der Waals surface area contributed by atoms with Crippen molar-refractivity contribution in [3.63, 3.8) is 0 Å². The van der Waals surface area contributed by atoms with Gasteiger partial charge in [-0.15, -0.1) is 5.11 Å². The first-order valence-corrected chi connectivity index (χ1v) is 8.97. The van der Waals surface area contributed by atoms with Gasteiger partial charge in [-0.1, -0.05) is 23.4 Å². The normalized spacial score (nSPS) is 16.6. The van der Waals surface area contributed by atoms with E-state index < -0.39 is 40.6 Å². The average molecular weight is 437 g/mol. The van der Waals surface area contributed by atoms with Gasteiger partial charge in [0.05, 0.1) is 16.3 Å². The van der Waals surface area contributed by atoms with Crippen molar-refractivity contribution in [1.29, 1.82) is 0 Å². The van der Waals surface area contributed by atoms with Crippen LogP contribution in [0.5, 0.6) is 0 Å². The van der Waals surface area contributed by atoms with Gasteiger partial charge in [-0.3, -0.25) is 14.4 Å². The first kappa shape index (κ1) is 21.8. The lowest BCUT2D eigenvalue weighted by atomic mass is 10.1. The van der Waals surface area contributed by atoms with Gasteiger partial charge in [-0.2, -0.15) is 23.3 Å². The number of amidine groups is 1. The largest absolute Gasteiger partial charge is 0.481 e. The number of anilines is 1. The van der Waals surface area contributed by atoms with Crippen LogP contribution < -0.4 is 5.32 Å². The van der Waals surface area contributed by atoms with E-state index in [-0.39, 0.29) is 29.4 Å². The van der Waals surface area contributed by atoms with Crippen LogP contribution in [0.25, 0.3) is 0 Å². The molecule has 1 aliphatic heterocycles. The van der Waals surface area contributed by atoms with Crippen molar-refractivity contribution < 1.29 is 32.7 Å². The fourth-order valence-corrected chi connectivity index (χ4v) is 2.83. The number of aliphatic carboxylic acids is 1. The third-order valence-electron chi connectivity index (χ3n) is 3.29. The van der Waals surface area contributed by atoms with Crippen molar-refractivity contribution in [2.24, 2.45) is 15.2 Å². The minimum atomic E-state index is -4.67. The Labute approximate surface area is 165 Å². The number of carboxylic acid groups (broad SMARTS) is 1. The molecule has 1 unspecified atom stereocenters. The first-order valence-electron chi connectivity index (χ1n) is 7.61. The van der Waals surface area contributed by atoms with Gasteiger partial charge in [0.2, 0.25) is 11.1 Å². The topological polar surface area (TPSA) is 121 Å². The molecule has 2 amide bonds. The second-order valence-corrected chi connectivity index (χ2v) is 6.78. The van der Waals surface area contributed by atoms with Crippen LogP contribution in [0.3, 0.4) is 0 Å². The van der Waals surface area contributed by atoms with Crippen molar-refractivity contribution in [2.75, 3.05) is 11.1 Å². The van der Waals surface area contributed by atoms with E-state index in [1.165, 1.54) is 6.07 Å². The number of benzene rings is 1. The van der Waals surface area contributed by atoms with E-state index in [1.807, 2.05) is 0 Å². The summed E-state index contributed by atoms with van der Waals surface area (Å²) >= 11 is 6.27. The second kappa shape index (κ2) is 9.15. The van der Waals surface area contributed by atoms with E-state index >= 15 is 0 Å². The van der Waals surface area contributed by atoms with Crippen molar-refractivity contribution in [2.45, 2.75) is 25.1 Å². The number of nitrogens with zero attached hydrogens (tertiary/aromatic N) is 3. The Bertz CT molecular complexity index is 860. The van der Waals surface area contributed by atoms with Crippen LogP contribution in [0.2, 0.25) is 5.02 Å². The predicted molar refractivity (Wildman–Crippen MR) is 95.5 cm³/mol. The van der Waals surface area contributed by atoms with E-state index in [0.717, 1.165) is 17.8 Å². The SMILES string of the molecule is O=C(O)CCC1N=NC(SCC(=O)Nc2ccc(Cl)c(C(F)(F)F)c2)=NC1=O. The Hall–Kier alpha value is -2.47. The fourth-order valence-electron chi connectivity index (χ4n) is 2.01. The number of aliphatic imine (C=N–C) groups is 1. The molecule has 0 bridgehead atoms. The molecule has 8 nitrogen and oxygen atoms in total. The fraction of sp³-hybridized carbons (Fsp3) is 0.333. The number of azo groups is 1. The molecule has 0 fully saturated rings. The average Bonchev–Trinajstić information content (AvgIpc) is 2.59. The zero-order valence-electron chi connectivity index (χ0n) is 13.9. The van der Waals surface area contributed by atoms with Crippen molar-refractivity contribution in [1.82, 2.24) is 0 Å². The molecule has 2 N–H and O–H groups in total. The lowest BCUT2D eigenvalue weighted by Crippen LogP contribution is -2.22. The van der Waals surface area contributed by atoms with Gasteiger partial charge in [0, 0.05) is 12.1 Å². The van der Waals surface area contributed by atoms with Crippen molar-refractivity contribution in [3.05, 3.63) is 28.8 Å². The first-order chi connectivity index (χ1) is 13.1. The van der Waals surface area contributed by atoms with Gasteiger partial charge in [0.25, 0.3) is 5.91 Å². The number of hydrogen-bond acceptors (Lipinski definition) is 6. The molecule has 150 valence electrons. The lowest BCUT2D eigenvalue weighted by molar-refractivity contribution is -0.138. The second-order valence-electron chi connectivity index (χ2n) is 5.43. The molecule has 0 aliphatic carbocycles. The highest BCUT2D eigenvalue weighted by atomic mass is 35.5. The van der Waals surface area contributed by atoms with Crippen LogP contribution in [-0.2, 0) is 20.6 Å². The van der Waals surface area contributed by atoms with Crippen LogP contribution in [0, 0.1) is 0 Å². The molecule has 1 aliphatic rings. The number of hydrogen-bond donors (Lipinski definition) is 2. The highest BCUT2D eigenvalue weighted by molar-refractivity contribution is 8.14. The van der Waals surface area contributed by atoms with Gasteiger partial charge in [-0.05, 0) is 24.6 Å². The summed E-state index contributed by atoms with van der Waals surface area (Å²) in [4.78, 5) is 37.8. The number of carboxylic acids is 1. The summed E-state index contributed by atoms with van der Waals surface area (Å²) in [6.07, 6.45) is -4.98. The van der Waals surface area contributed by atoms with Gasteiger partial charge in [0.15, 0.2) is 6.04 Å².